The van der Waals surface area contributed by atoms with E-state index in [1.165, 1.54) is 0 Å². The molecule has 2 atom stereocenters. The number of halogens is 2. The summed E-state index contributed by atoms with van der Waals surface area (Å²) in [5, 5.41) is 7.46. The minimum absolute atomic E-state index is 0. The standard InChI is InChI=1S/2C7H12N2O.2ClH/c2*1-3-7(8)6-4-10-9-5(6)2;;/h2*4,7H,3,8H2,1-2H3;2*1H/t2*7-;;/m10../s1. The zero-order valence-electron chi connectivity index (χ0n) is 13.4. The van der Waals surface area contributed by atoms with E-state index in [4.69, 9.17) is 20.5 Å². The Bertz CT molecular complexity index is 470. The van der Waals surface area contributed by atoms with Crippen molar-refractivity contribution in [3.63, 3.8) is 0 Å². The van der Waals surface area contributed by atoms with Crippen LogP contribution in [0.25, 0.3) is 0 Å². The molecule has 128 valence electrons. The third kappa shape index (κ3) is 6.36. The van der Waals surface area contributed by atoms with Crippen LogP contribution in [-0.4, -0.2) is 10.3 Å². The fourth-order valence-electron chi connectivity index (χ4n) is 1.75. The van der Waals surface area contributed by atoms with Gasteiger partial charge in [0.2, 0.25) is 0 Å². The van der Waals surface area contributed by atoms with Gasteiger partial charge in [-0.2, -0.15) is 0 Å². The Kier molecular flexibility index (Phi) is 12.1. The van der Waals surface area contributed by atoms with Gasteiger partial charge in [-0.15, -0.1) is 24.8 Å². The summed E-state index contributed by atoms with van der Waals surface area (Å²) in [6.45, 7) is 7.87. The Hall–Kier alpha value is -1.08. The summed E-state index contributed by atoms with van der Waals surface area (Å²) < 4.78 is 9.48. The molecule has 0 saturated heterocycles. The van der Waals surface area contributed by atoms with E-state index in [0.29, 0.717) is 0 Å². The smallest absolute Gasteiger partial charge is 0.128 e. The van der Waals surface area contributed by atoms with Gasteiger partial charge in [0.25, 0.3) is 0 Å². The monoisotopic (exact) mass is 352 g/mol. The molecule has 0 aliphatic rings. The number of hydrogen-bond acceptors (Lipinski definition) is 6. The van der Waals surface area contributed by atoms with Crippen molar-refractivity contribution in [3.05, 3.63) is 35.0 Å². The highest BCUT2D eigenvalue weighted by Gasteiger charge is 2.09. The average Bonchev–Trinajstić information content (AvgIpc) is 3.06. The molecular weight excluding hydrogens is 327 g/mol. The molecule has 2 aromatic rings. The molecule has 2 heterocycles. The van der Waals surface area contributed by atoms with Crippen LogP contribution < -0.4 is 11.5 Å². The summed E-state index contributed by atoms with van der Waals surface area (Å²) in [6.07, 6.45) is 5.07. The molecule has 0 fully saturated rings. The van der Waals surface area contributed by atoms with Crippen LogP contribution >= 0.6 is 24.8 Å². The van der Waals surface area contributed by atoms with E-state index in [1.807, 2.05) is 27.7 Å². The number of rotatable bonds is 4. The van der Waals surface area contributed by atoms with Gasteiger partial charge in [-0.1, -0.05) is 24.2 Å². The summed E-state index contributed by atoms with van der Waals surface area (Å²) >= 11 is 0. The molecule has 0 saturated carbocycles. The van der Waals surface area contributed by atoms with Crippen molar-refractivity contribution in [2.24, 2.45) is 11.5 Å². The highest BCUT2D eigenvalue weighted by molar-refractivity contribution is 5.85. The van der Waals surface area contributed by atoms with Crippen LogP contribution in [0.5, 0.6) is 0 Å². The largest absolute Gasteiger partial charge is 0.364 e. The molecule has 22 heavy (non-hydrogen) atoms. The lowest BCUT2D eigenvalue weighted by atomic mass is 10.1. The third-order valence-corrected chi connectivity index (χ3v) is 3.25. The molecule has 8 heteroatoms. The highest BCUT2D eigenvalue weighted by atomic mass is 35.5. The SMILES string of the molecule is CC[C@@H](N)c1conc1C.CC[C@H](N)c1conc1C.Cl.Cl. The van der Waals surface area contributed by atoms with E-state index >= 15 is 0 Å². The molecule has 2 rings (SSSR count). The van der Waals surface area contributed by atoms with Crippen LogP contribution in [0, 0.1) is 13.8 Å². The van der Waals surface area contributed by atoms with Crippen molar-refractivity contribution in [2.75, 3.05) is 0 Å². The van der Waals surface area contributed by atoms with Crippen LogP contribution in [0.4, 0.5) is 0 Å². The average molecular weight is 353 g/mol. The Morgan fingerprint density at radius 2 is 1.18 bits per heavy atom. The summed E-state index contributed by atoms with van der Waals surface area (Å²) in [4.78, 5) is 0. The van der Waals surface area contributed by atoms with E-state index in [9.17, 15) is 0 Å². The van der Waals surface area contributed by atoms with Gasteiger partial charge >= 0.3 is 0 Å². The zero-order valence-corrected chi connectivity index (χ0v) is 15.0. The molecule has 0 radical (unpaired) electrons. The molecule has 0 spiro atoms. The van der Waals surface area contributed by atoms with Crippen molar-refractivity contribution in [3.8, 4) is 0 Å². The number of nitrogens with zero attached hydrogens (tertiary/aromatic N) is 2. The van der Waals surface area contributed by atoms with E-state index in [1.54, 1.807) is 12.5 Å². The lowest BCUT2D eigenvalue weighted by Gasteiger charge is -2.03. The van der Waals surface area contributed by atoms with Gasteiger partial charge < -0.3 is 20.5 Å². The summed E-state index contributed by atoms with van der Waals surface area (Å²) in [6, 6.07) is 0.150. The predicted molar refractivity (Wildman–Crippen MR) is 91.4 cm³/mol. The van der Waals surface area contributed by atoms with Gasteiger partial charge in [-0.05, 0) is 26.7 Å². The van der Waals surface area contributed by atoms with Gasteiger partial charge in [0.1, 0.15) is 12.5 Å². The summed E-state index contributed by atoms with van der Waals surface area (Å²) in [5.74, 6) is 0. The maximum atomic E-state index is 5.74. The van der Waals surface area contributed by atoms with Crippen LogP contribution in [0.2, 0.25) is 0 Å². The quantitative estimate of drug-likeness (QED) is 0.870. The van der Waals surface area contributed by atoms with E-state index in [-0.39, 0.29) is 36.9 Å². The zero-order chi connectivity index (χ0) is 15.1. The molecule has 4 N–H and O–H groups in total. The fourth-order valence-corrected chi connectivity index (χ4v) is 1.75. The van der Waals surface area contributed by atoms with Gasteiger partial charge in [-0.25, -0.2) is 0 Å². The normalized spacial score (nSPS) is 12.3. The highest BCUT2D eigenvalue weighted by Crippen LogP contribution is 2.16. The van der Waals surface area contributed by atoms with Gasteiger partial charge in [0, 0.05) is 23.2 Å². The van der Waals surface area contributed by atoms with Crippen molar-refractivity contribution in [1.29, 1.82) is 0 Å². The lowest BCUT2D eigenvalue weighted by Crippen LogP contribution is -2.08. The van der Waals surface area contributed by atoms with E-state index < -0.39 is 0 Å². The topological polar surface area (TPSA) is 104 Å². The minimum atomic E-state index is 0. The maximum absolute atomic E-state index is 5.74. The van der Waals surface area contributed by atoms with Crippen LogP contribution in [0.3, 0.4) is 0 Å². The fraction of sp³-hybridized carbons (Fsp3) is 0.571. The molecule has 0 aromatic carbocycles. The Morgan fingerprint density at radius 3 is 1.36 bits per heavy atom. The van der Waals surface area contributed by atoms with Crippen molar-refractivity contribution >= 4 is 24.8 Å². The summed E-state index contributed by atoms with van der Waals surface area (Å²) in [7, 11) is 0. The number of nitrogens with two attached hydrogens (primary N) is 2. The predicted octanol–water partition coefficient (Wildman–Crippen LogP) is 3.63. The first-order valence-electron chi connectivity index (χ1n) is 6.84. The molecule has 0 aliphatic carbocycles. The second-order valence-corrected chi connectivity index (χ2v) is 4.74. The summed E-state index contributed by atoms with van der Waals surface area (Å²) in [5.41, 5.74) is 15.3. The van der Waals surface area contributed by atoms with Gasteiger partial charge in [0.05, 0.1) is 11.4 Å². The molecule has 0 bridgehead atoms. The molecule has 0 amide bonds. The third-order valence-electron chi connectivity index (χ3n) is 3.25. The first-order chi connectivity index (χ1) is 9.51. The van der Waals surface area contributed by atoms with Crippen molar-refractivity contribution in [1.82, 2.24) is 10.3 Å². The number of aryl methyl sites for hydroxylation is 2. The minimum Gasteiger partial charge on any atom is -0.364 e. The Morgan fingerprint density at radius 1 is 0.864 bits per heavy atom. The molecule has 0 aliphatic heterocycles. The molecule has 2 aromatic heterocycles. The second kappa shape index (κ2) is 11.5. The molecule has 0 unspecified atom stereocenters. The second-order valence-electron chi connectivity index (χ2n) is 4.74. The first-order valence-corrected chi connectivity index (χ1v) is 6.84. The molecular formula is C14H26Cl2N4O2. The van der Waals surface area contributed by atoms with E-state index in [2.05, 4.69) is 10.3 Å². The van der Waals surface area contributed by atoms with Gasteiger partial charge in [-0.3, -0.25) is 0 Å². The number of hydrogen-bond donors (Lipinski definition) is 2. The number of aromatic nitrogens is 2. The van der Waals surface area contributed by atoms with Crippen LogP contribution in [0.1, 0.15) is 61.3 Å². The van der Waals surface area contributed by atoms with Crippen LogP contribution in [0.15, 0.2) is 21.6 Å². The van der Waals surface area contributed by atoms with Crippen LogP contribution in [-0.2, 0) is 0 Å². The Balaban J connectivity index is 0. The van der Waals surface area contributed by atoms with Crippen molar-refractivity contribution < 1.29 is 9.05 Å². The lowest BCUT2D eigenvalue weighted by molar-refractivity contribution is 0.413. The van der Waals surface area contributed by atoms with Crippen molar-refractivity contribution in [2.45, 2.75) is 52.6 Å². The maximum Gasteiger partial charge on any atom is 0.128 e. The van der Waals surface area contributed by atoms with Gasteiger partial charge in [0.15, 0.2) is 0 Å². The van der Waals surface area contributed by atoms with E-state index in [0.717, 1.165) is 35.4 Å². The Labute approximate surface area is 143 Å². The molecule has 6 nitrogen and oxygen atoms in total. The first kappa shape index (κ1) is 23.2.